The number of hydrogen-bond donors (Lipinski definition) is 1. The van der Waals surface area contributed by atoms with Crippen LogP contribution in [-0.2, 0) is 9.53 Å². The van der Waals surface area contributed by atoms with Crippen molar-refractivity contribution in [2.45, 2.75) is 39.2 Å². The summed E-state index contributed by atoms with van der Waals surface area (Å²) in [7, 11) is 2.05. The van der Waals surface area contributed by atoms with Gasteiger partial charge in [0, 0.05) is 0 Å². The largest absolute Gasteiger partial charge is 0.465 e. The van der Waals surface area contributed by atoms with Crippen LogP contribution in [0.1, 0.15) is 33.1 Å². The SMILES string of the molecule is CCCCN(C)CCC(N)C(=O)OCC. The number of rotatable bonds is 8. The molecule has 0 fully saturated rings. The smallest absolute Gasteiger partial charge is 0.322 e. The lowest BCUT2D eigenvalue weighted by Gasteiger charge is -2.18. The van der Waals surface area contributed by atoms with Gasteiger partial charge in [-0.1, -0.05) is 13.3 Å². The predicted molar refractivity (Wildman–Crippen MR) is 61.6 cm³/mol. The van der Waals surface area contributed by atoms with Crippen molar-refractivity contribution in [3.05, 3.63) is 0 Å². The topological polar surface area (TPSA) is 55.6 Å². The average Bonchev–Trinajstić information content (AvgIpc) is 2.23. The molecule has 0 spiro atoms. The molecule has 0 rings (SSSR count). The monoisotopic (exact) mass is 216 g/mol. The molecular weight excluding hydrogens is 192 g/mol. The Morgan fingerprint density at radius 1 is 1.40 bits per heavy atom. The van der Waals surface area contributed by atoms with Gasteiger partial charge >= 0.3 is 5.97 Å². The number of carbonyl (C=O) groups is 1. The maximum Gasteiger partial charge on any atom is 0.322 e. The Balaban J connectivity index is 3.60. The van der Waals surface area contributed by atoms with Gasteiger partial charge in [0.1, 0.15) is 6.04 Å². The zero-order valence-corrected chi connectivity index (χ0v) is 10.2. The Bertz CT molecular complexity index is 174. The minimum atomic E-state index is -0.478. The van der Waals surface area contributed by atoms with Crippen LogP contribution in [0.2, 0.25) is 0 Å². The van der Waals surface area contributed by atoms with Gasteiger partial charge in [-0.05, 0) is 39.9 Å². The quantitative estimate of drug-likeness (QED) is 0.615. The molecule has 90 valence electrons. The van der Waals surface area contributed by atoms with Gasteiger partial charge in [0.2, 0.25) is 0 Å². The van der Waals surface area contributed by atoms with Gasteiger partial charge < -0.3 is 15.4 Å². The van der Waals surface area contributed by atoms with Crippen LogP contribution in [0.3, 0.4) is 0 Å². The molecule has 0 heterocycles. The van der Waals surface area contributed by atoms with E-state index in [1.807, 2.05) is 7.05 Å². The van der Waals surface area contributed by atoms with Crippen LogP contribution in [0, 0.1) is 0 Å². The van der Waals surface area contributed by atoms with Gasteiger partial charge in [-0.3, -0.25) is 4.79 Å². The van der Waals surface area contributed by atoms with E-state index >= 15 is 0 Å². The Labute approximate surface area is 92.8 Å². The summed E-state index contributed by atoms with van der Waals surface area (Å²) in [6.45, 7) is 6.26. The van der Waals surface area contributed by atoms with E-state index in [0.29, 0.717) is 13.0 Å². The molecule has 0 aromatic heterocycles. The molecule has 0 radical (unpaired) electrons. The van der Waals surface area contributed by atoms with E-state index in [4.69, 9.17) is 10.5 Å². The minimum Gasteiger partial charge on any atom is -0.465 e. The lowest BCUT2D eigenvalue weighted by molar-refractivity contribution is -0.144. The number of hydrogen-bond acceptors (Lipinski definition) is 4. The first-order chi connectivity index (χ1) is 7.11. The van der Waals surface area contributed by atoms with Crippen molar-refractivity contribution in [3.63, 3.8) is 0 Å². The van der Waals surface area contributed by atoms with Gasteiger partial charge in [-0.15, -0.1) is 0 Å². The van der Waals surface area contributed by atoms with Crippen molar-refractivity contribution in [2.75, 3.05) is 26.7 Å². The summed E-state index contributed by atoms with van der Waals surface area (Å²) in [5.41, 5.74) is 5.68. The molecule has 0 aliphatic rings. The number of nitrogens with two attached hydrogens (primary N) is 1. The van der Waals surface area contributed by atoms with Gasteiger partial charge in [-0.2, -0.15) is 0 Å². The first-order valence-electron chi connectivity index (χ1n) is 5.72. The second-order valence-electron chi connectivity index (χ2n) is 3.80. The molecule has 4 heteroatoms. The van der Waals surface area contributed by atoms with Crippen LogP contribution in [0.4, 0.5) is 0 Å². The minimum absolute atomic E-state index is 0.290. The lowest BCUT2D eigenvalue weighted by atomic mass is 10.2. The van der Waals surface area contributed by atoms with Crippen LogP contribution in [0.15, 0.2) is 0 Å². The summed E-state index contributed by atoms with van der Waals surface area (Å²) in [4.78, 5) is 13.4. The van der Waals surface area contributed by atoms with Crippen molar-refractivity contribution >= 4 is 5.97 Å². The molecule has 15 heavy (non-hydrogen) atoms. The van der Waals surface area contributed by atoms with Crippen LogP contribution >= 0.6 is 0 Å². The zero-order chi connectivity index (χ0) is 11.7. The first kappa shape index (κ1) is 14.4. The second kappa shape index (κ2) is 8.68. The highest BCUT2D eigenvalue weighted by Crippen LogP contribution is 1.97. The third-order valence-corrected chi connectivity index (χ3v) is 2.30. The summed E-state index contributed by atoms with van der Waals surface area (Å²) < 4.78 is 4.83. The van der Waals surface area contributed by atoms with Gasteiger partial charge in [-0.25, -0.2) is 0 Å². The predicted octanol–water partition coefficient (Wildman–Crippen LogP) is 0.999. The number of ether oxygens (including phenoxy) is 1. The van der Waals surface area contributed by atoms with Gasteiger partial charge in [0.25, 0.3) is 0 Å². The van der Waals surface area contributed by atoms with E-state index in [2.05, 4.69) is 11.8 Å². The molecule has 2 N–H and O–H groups in total. The second-order valence-corrected chi connectivity index (χ2v) is 3.80. The van der Waals surface area contributed by atoms with Crippen molar-refractivity contribution in [3.8, 4) is 0 Å². The van der Waals surface area contributed by atoms with Crippen LogP contribution < -0.4 is 5.73 Å². The van der Waals surface area contributed by atoms with Crippen molar-refractivity contribution in [2.24, 2.45) is 5.73 Å². The van der Waals surface area contributed by atoms with Crippen LogP contribution in [0.25, 0.3) is 0 Å². The average molecular weight is 216 g/mol. The Morgan fingerprint density at radius 3 is 2.60 bits per heavy atom. The standard InChI is InChI=1S/C11H24N2O2/c1-4-6-8-13(3)9-7-10(12)11(14)15-5-2/h10H,4-9,12H2,1-3H3. The van der Waals surface area contributed by atoms with Crippen molar-refractivity contribution in [1.29, 1.82) is 0 Å². The summed E-state index contributed by atoms with van der Waals surface area (Å²) in [5, 5.41) is 0. The van der Waals surface area contributed by atoms with E-state index < -0.39 is 6.04 Å². The summed E-state index contributed by atoms with van der Waals surface area (Å²) in [6, 6.07) is -0.478. The molecule has 0 amide bonds. The highest BCUT2D eigenvalue weighted by atomic mass is 16.5. The maximum atomic E-state index is 11.2. The first-order valence-corrected chi connectivity index (χ1v) is 5.72. The van der Waals surface area contributed by atoms with Crippen LogP contribution in [0.5, 0.6) is 0 Å². The summed E-state index contributed by atoms with van der Waals surface area (Å²) in [6.07, 6.45) is 3.04. The molecule has 1 atom stereocenters. The number of unbranched alkanes of at least 4 members (excludes halogenated alkanes) is 1. The molecule has 0 aliphatic heterocycles. The Hall–Kier alpha value is -0.610. The number of nitrogens with zero attached hydrogens (tertiary/aromatic N) is 1. The molecule has 0 aliphatic carbocycles. The molecule has 0 bridgehead atoms. The molecule has 0 saturated carbocycles. The van der Waals surface area contributed by atoms with Crippen molar-refractivity contribution in [1.82, 2.24) is 4.90 Å². The number of esters is 1. The fraction of sp³-hybridized carbons (Fsp3) is 0.909. The third kappa shape index (κ3) is 7.33. The normalized spacial score (nSPS) is 12.9. The molecule has 0 saturated heterocycles. The molecular formula is C11H24N2O2. The highest BCUT2D eigenvalue weighted by Gasteiger charge is 2.14. The van der Waals surface area contributed by atoms with E-state index in [1.165, 1.54) is 12.8 Å². The fourth-order valence-electron chi connectivity index (χ4n) is 1.27. The number of carbonyl (C=O) groups excluding carboxylic acids is 1. The zero-order valence-electron chi connectivity index (χ0n) is 10.2. The third-order valence-electron chi connectivity index (χ3n) is 2.30. The fourth-order valence-corrected chi connectivity index (χ4v) is 1.27. The van der Waals surface area contributed by atoms with E-state index in [1.54, 1.807) is 6.92 Å². The maximum absolute atomic E-state index is 11.2. The molecule has 4 nitrogen and oxygen atoms in total. The van der Waals surface area contributed by atoms with Gasteiger partial charge in [0.15, 0.2) is 0 Å². The van der Waals surface area contributed by atoms with Crippen LogP contribution in [-0.4, -0.2) is 43.7 Å². The molecule has 1 unspecified atom stereocenters. The summed E-state index contributed by atoms with van der Waals surface area (Å²) >= 11 is 0. The molecule has 0 aromatic rings. The lowest BCUT2D eigenvalue weighted by Crippen LogP contribution is -2.36. The van der Waals surface area contributed by atoms with E-state index in [9.17, 15) is 4.79 Å². The van der Waals surface area contributed by atoms with Crippen molar-refractivity contribution < 1.29 is 9.53 Å². The van der Waals surface area contributed by atoms with E-state index in [0.717, 1.165) is 13.1 Å². The summed E-state index contributed by atoms with van der Waals surface area (Å²) in [5.74, 6) is -0.290. The Kier molecular flexibility index (Phi) is 8.33. The van der Waals surface area contributed by atoms with E-state index in [-0.39, 0.29) is 5.97 Å². The molecule has 0 aromatic carbocycles. The Morgan fingerprint density at radius 2 is 2.07 bits per heavy atom. The highest BCUT2D eigenvalue weighted by molar-refractivity contribution is 5.75. The van der Waals surface area contributed by atoms with Gasteiger partial charge in [0.05, 0.1) is 6.61 Å².